The number of halogens is 1. The van der Waals surface area contributed by atoms with Gasteiger partial charge in [0.1, 0.15) is 11.6 Å². The molecule has 7 heteroatoms. The Bertz CT molecular complexity index is 765. The van der Waals surface area contributed by atoms with Crippen molar-refractivity contribution in [2.45, 2.75) is 12.8 Å². The SMILES string of the molecule is O=C(O)c1cc(Cl)c2nnc(CCc3ccco3)n2c1. The van der Waals surface area contributed by atoms with Gasteiger partial charge < -0.3 is 9.52 Å². The third-order valence-corrected chi connectivity index (χ3v) is 3.23. The van der Waals surface area contributed by atoms with Gasteiger partial charge in [0, 0.05) is 19.0 Å². The number of furan rings is 1. The zero-order valence-corrected chi connectivity index (χ0v) is 11.0. The van der Waals surface area contributed by atoms with Crippen LogP contribution in [-0.2, 0) is 12.8 Å². The average Bonchev–Trinajstić information content (AvgIpc) is 3.05. The second kappa shape index (κ2) is 4.97. The van der Waals surface area contributed by atoms with Crippen molar-refractivity contribution in [3.8, 4) is 0 Å². The monoisotopic (exact) mass is 291 g/mol. The Morgan fingerprint density at radius 2 is 2.25 bits per heavy atom. The van der Waals surface area contributed by atoms with E-state index in [1.54, 1.807) is 10.7 Å². The van der Waals surface area contributed by atoms with Crippen molar-refractivity contribution < 1.29 is 14.3 Å². The van der Waals surface area contributed by atoms with Crippen molar-refractivity contribution >= 4 is 23.2 Å². The van der Waals surface area contributed by atoms with E-state index in [0.717, 1.165) is 5.76 Å². The summed E-state index contributed by atoms with van der Waals surface area (Å²) < 4.78 is 6.86. The maximum Gasteiger partial charge on any atom is 0.337 e. The molecule has 0 amide bonds. The summed E-state index contributed by atoms with van der Waals surface area (Å²) in [5, 5.41) is 17.3. The highest BCUT2D eigenvalue weighted by molar-refractivity contribution is 6.33. The molecule has 0 unspecified atom stereocenters. The van der Waals surface area contributed by atoms with Gasteiger partial charge in [0.2, 0.25) is 0 Å². The van der Waals surface area contributed by atoms with E-state index in [0.29, 0.717) is 24.3 Å². The van der Waals surface area contributed by atoms with Gasteiger partial charge >= 0.3 is 5.97 Å². The highest BCUT2D eigenvalue weighted by Crippen LogP contribution is 2.19. The Balaban J connectivity index is 1.96. The van der Waals surface area contributed by atoms with Gasteiger partial charge in [0.05, 0.1) is 16.8 Å². The van der Waals surface area contributed by atoms with Crippen LogP contribution >= 0.6 is 11.6 Å². The van der Waals surface area contributed by atoms with Crippen LogP contribution in [0, 0.1) is 0 Å². The molecule has 6 nitrogen and oxygen atoms in total. The van der Waals surface area contributed by atoms with Crippen molar-refractivity contribution in [2.24, 2.45) is 0 Å². The molecule has 3 aromatic rings. The number of carbonyl (C=O) groups is 1. The standard InChI is InChI=1S/C13H10ClN3O3/c14-10-6-8(13(18)19)7-17-11(15-16-12(10)17)4-3-9-2-1-5-20-9/h1-2,5-7H,3-4H2,(H,18,19). The van der Waals surface area contributed by atoms with Crippen LogP contribution in [0.25, 0.3) is 5.65 Å². The van der Waals surface area contributed by atoms with E-state index in [1.165, 1.54) is 12.3 Å². The minimum atomic E-state index is -1.04. The number of aromatic nitrogens is 3. The maximum absolute atomic E-state index is 11.0. The Morgan fingerprint density at radius 1 is 1.40 bits per heavy atom. The van der Waals surface area contributed by atoms with Crippen molar-refractivity contribution in [3.63, 3.8) is 0 Å². The molecule has 0 bridgehead atoms. The lowest BCUT2D eigenvalue weighted by molar-refractivity contribution is 0.0696. The topological polar surface area (TPSA) is 80.6 Å². The number of pyridine rings is 1. The smallest absolute Gasteiger partial charge is 0.337 e. The molecular formula is C13H10ClN3O3. The lowest BCUT2D eigenvalue weighted by atomic mass is 10.2. The fourth-order valence-corrected chi connectivity index (χ4v) is 2.22. The predicted octanol–water partition coefficient (Wildman–Crippen LogP) is 2.46. The summed E-state index contributed by atoms with van der Waals surface area (Å²) in [4.78, 5) is 11.0. The molecule has 102 valence electrons. The number of fused-ring (bicyclic) bond motifs is 1. The van der Waals surface area contributed by atoms with E-state index >= 15 is 0 Å². The molecule has 0 aliphatic carbocycles. The predicted molar refractivity (Wildman–Crippen MR) is 71.1 cm³/mol. The van der Waals surface area contributed by atoms with Crippen LogP contribution < -0.4 is 0 Å². The number of hydrogen-bond donors (Lipinski definition) is 1. The first-order chi connectivity index (χ1) is 9.65. The van der Waals surface area contributed by atoms with E-state index in [-0.39, 0.29) is 10.6 Å². The summed E-state index contributed by atoms with van der Waals surface area (Å²) in [7, 11) is 0. The van der Waals surface area contributed by atoms with Gasteiger partial charge in [-0.3, -0.25) is 4.40 Å². The molecule has 0 aliphatic rings. The quantitative estimate of drug-likeness (QED) is 0.798. The van der Waals surface area contributed by atoms with Gasteiger partial charge in [-0.15, -0.1) is 10.2 Å². The lowest BCUT2D eigenvalue weighted by Gasteiger charge is -2.02. The van der Waals surface area contributed by atoms with Crippen molar-refractivity contribution in [1.29, 1.82) is 0 Å². The highest BCUT2D eigenvalue weighted by atomic mass is 35.5. The molecule has 3 aromatic heterocycles. The van der Waals surface area contributed by atoms with Gasteiger partial charge in [-0.2, -0.15) is 0 Å². The molecule has 0 spiro atoms. The fraction of sp³-hybridized carbons (Fsp3) is 0.154. The van der Waals surface area contributed by atoms with Crippen molar-refractivity contribution in [1.82, 2.24) is 14.6 Å². The summed E-state index contributed by atoms with van der Waals surface area (Å²) in [5.74, 6) is 0.433. The molecule has 3 rings (SSSR count). The zero-order chi connectivity index (χ0) is 14.1. The first-order valence-corrected chi connectivity index (χ1v) is 6.32. The molecule has 0 aliphatic heterocycles. The normalized spacial score (nSPS) is 11.1. The largest absolute Gasteiger partial charge is 0.478 e. The van der Waals surface area contributed by atoms with Crippen LogP contribution in [0.4, 0.5) is 0 Å². The Hall–Kier alpha value is -2.34. The second-order valence-corrected chi connectivity index (χ2v) is 4.68. The van der Waals surface area contributed by atoms with Gasteiger partial charge in [0.15, 0.2) is 5.65 Å². The second-order valence-electron chi connectivity index (χ2n) is 4.27. The molecule has 3 heterocycles. The van der Waals surface area contributed by atoms with Crippen LogP contribution in [0.5, 0.6) is 0 Å². The lowest BCUT2D eigenvalue weighted by Crippen LogP contribution is -2.03. The van der Waals surface area contributed by atoms with Crippen LogP contribution in [-0.4, -0.2) is 25.7 Å². The number of carboxylic acid groups (broad SMARTS) is 1. The van der Waals surface area contributed by atoms with Gasteiger partial charge in [-0.1, -0.05) is 11.6 Å². The minimum Gasteiger partial charge on any atom is -0.478 e. The summed E-state index contributed by atoms with van der Waals surface area (Å²) in [6.07, 6.45) is 4.31. The first-order valence-electron chi connectivity index (χ1n) is 5.94. The number of aryl methyl sites for hydroxylation is 2. The van der Waals surface area contributed by atoms with Gasteiger partial charge in [-0.05, 0) is 18.2 Å². The highest BCUT2D eigenvalue weighted by Gasteiger charge is 2.13. The van der Waals surface area contributed by atoms with E-state index in [2.05, 4.69) is 10.2 Å². The number of hydrogen-bond acceptors (Lipinski definition) is 4. The Labute approximate surface area is 118 Å². The van der Waals surface area contributed by atoms with Crippen LogP contribution in [0.2, 0.25) is 5.02 Å². The van der Waals surface area contributed by atoms with Gasteiger partial charge in [0.25, 0.3) is 0 Å². The average molecular weight is 292 g/mol. The molecule has 1 N–H and O–H groups in total. The number of rotatable bonds is 4. The fourth-order valence-electron chi connectivity index (χ4n) is 1.98. The molecule has 0 saturated carbocycles. The van der Waals surface area contributed by atoms with Gasteiger partial charge in [-0.25, -0.2) is 4.79 Å². The number of carboxylic acids is 1. The molecule has 0 aromatic carbocycles. The van der Waals surface area contributed by atoms with Crippen molar-refractivity contribution in [3.05, 3.63) is 52.8 Å². The van der Waals surface area contributed by atoms with E-state index in [9.17, 15) is 4.79 Å². The first kappa shape index (κ1) is 12.7. The molecule has 20 heavy (non-hydrogen) atoms. The number of aromatic carboxylic acids is 1. The van der Waals surface area contributed by atoms with Crippen LogP contribution in [0.1, 0.15) is 21.9 Å². The van der Waals surface area contributed by atoms with Crippen LogP contribution in [0.15, 0.2) is 35.1 Å². The third kappa shape index (κ3) is 2.25. The summed E-state index contributed by atoms with van der Waals surface area (Å²) in [5.41, 5.74) is 0.549. The zero-order valence-electron chi connectivity index (χ0n) is 10.3. The van der Waals surface area contributed by atoms with E-state index in [4.69, 9.17) is 21.1 Å². The summed E-state index contributed by atoms with van der Waals surface area (Å²) >= 11 is 6.01. The van der Waals surface area contributed by atoms with E-state index < -0.39 is 5.97 Å². The van der Waals surface area contributed by atoms with Crippen molar-refractivity contribution in [2.75, 3.05) is 0 Å². The molecule has 0 saturated heterocycles. The third-order valence-electron chi connectivity index (χ3n) is 2.95. The molecular weight excluding hydrogens is 282 g/mol. The minimum absolute atomic E-state index is 0.0987. The summed E-state index contributed by atoms with van der Waals surface area (Å²) in [6.45, 7) is 0. The molecule has 0 radical (unpaired) electrons. The van der Waals surface area contributed by atoms with Crippen LogP contribution in [0.3, 0.4) is 0 Å². The molecule has 0 atom stereocenters. The Morgan fingerprint density at radius 3 is 2.95 bits per heavy atom. The maximum atomic E-state index is 11.0. The summed E-state index contributed by atoms with van der Waals surface area (Å²) in [6, 6.07) is 5.06. The number of nitrogens with zero attached hydrogens (tertiary/aromatic N) is 3. The Kier molecular flexibility index (Phi) is 3.15. The molecule has 0 fully saturated rings. The van der Waals surface area contributed by atoms with E-state index in [1.807, 2.05) is 12.1 Å².